The molecule has 0 radical (unpaired) electrons. The SMILES string of the molecule is NCCOCc1nc(CC2CC2)no1. The van der Waals surface area contributed by atoms with Crippen molar-refractivity contribution in [2.45, 2.75) is 25.9 Å². The normalized spacial score (nSPS) is 16.1. The Bertz CT molecular complexity index is 283. The van der Waals surface area contributed by atoms with Crippen LogP contribution in [0.5, 0.6) is 0 Å². The first-order valence-corrected chi connectivity index (χ1v) is 4.97. The molecule has 5 heteroatoms. The summed E-state index contributed by atoms with van der Waals surface area (Å²) in [6.45, 7) is 1.41. The van der Waals surface area contributed by atoms with Gasteiger partial charge in [-0.05, 0) is 18.8 Å². The van der Waals surface area contributed by atoms with E-state index in [4.69, 9.17) is 15.0 Å². The molecule has 2 rings (SSSR count). The van der Waals surface area contributed by atoms with Crippen LogP contribution in [0.3, 0.4) is 0 Å². The zero-order valence-corrected chi connectivity index (χ0v) is 8.11. The van der Waals surface area contributed by atoms with Gasteiger partial charge in [-0.25, -0.2) is 0 Å². The van der Waals surface area contributed by atoms with E-state index in [9.17, 15) is 0 Å². The predicted molar refractivity (Wildman–Crippen MR) is 49.4 cm³/mol. The summed E-state index contributed by atoms with van der Waals surface area (Å²) in [5.41, 5.74) is 5.28. The Morgan fingerprint density at radius 2 is 2.36 bits per heavy atom. The van der Waals surface area contributed by atoms with Gasteiger partial charge in [0.05, 0.1) is 6.61 Å². The summed E-state index contributed by atoms with van der Waals surface area (Å²) in [6, 6.07) is 0. The first-order chi connectivity index (χ1) is 6.88. The topological polar surface area (TPSA) is 74.2 Å². The van der Waals surface area contributed by atoms with Crippen LogP contribution in [-0.2, 0) is 17.8 Å². The lowest BCUT2D eigenvalue weighted by Gasteiger charge is -1.95. The van der Waals surface area contributed by atoms with Crippen LogP contribution < -0.4 is 5.73 Å². The minimum atomic E-state index is 0.370. The van der Waals surface area contributed by atoms with Gasteiger partial charge in [-0.1, -0.05) is 5.16 Å². The quantitative estimate of drug-likeness (QED) is 0.672. The average Bonchev–Trinajstić information content (AvgIpc) is 2.87. The van der Waals surface area contributed by atoms with Crippen molar-refractivity contribution in [1.29, 1.82) is 0 Å². The highest BCUT2D eigenvalue weighted by Crippen LogP contribution is 2.31. The maximum atomic E-state index is 5.28. The zero-order valence-electron chi connectivity index (χ0n) is 8.11. The Labute approximate surface area is 82.6 Å². The van der Waals surface area contributed by atoms with E-state index in [1.165, 1.54) is 12.8 Å². The first kappa shape index (κ1) is 9.61. The lowest BCUT2D eigenvalue weighted by Crippen LogP contribution is -2.08. The molecule has 0 spiro atoms. The highest BCUT2D eigenvalue weighted by Gasteiger charge is 2.23. The molecule has 2 N–H and O–H groups in total. The number of hydrogen-bond donors (Lipinski definition) is 1. The predicted octanol–water partition coefficient (Wildman–Crippen LogP) is 0.497. The van der Waals surface area contributed by atoms with E-state index in [0.29, 0.717) is 25.6 Å². The standard InChI is InChI=1S/C9H15N3O2/c10-3-4-13-6-9-11-8(12-14-9)5-7-1-2-7/h7H,1-6,10H2. The van der Waals surface area contributed by atoms with Crippen molar-refractivity contribution in [3.63, 3.8) is 0 Å². The smallest absolute Gasteiger partial charge is 0.252 e. The summed E-state index contributed by atoms with van der Waals surface area (Å²) in [6.07, 6.45) is 3.54. The van der Waals surface area contributed by atoms with Crippen molar-refractivity contribution in [3.8, 4) is 0 Å². The fourth-order valence-corrected chi connectivity index (χ4v) is 1.25. The van der Waals surface area contributed by atoms with Crippen LogP contribution in [0, 0.1) is 5.92 Å². The Hall–Kier alpha value is -0.940. The molecular weight excluding hydrogens is 182 g/mol. The third-order valence-electron chi connectivity index (χ3n) is 2.17. The van der Waals surface area contributed by atoms with Crippen LogP contribution in [0.15, 0.2) is 4.52 Å². The highest BCUT2D eigenvalue weighted by molar-refractivity contribution is 4.91. The summed E-state index contributed by atoms with van der Waals surface area (Å²) in [5.74, 6) is 2.14. The summed E-state index contributed by atoms with van der Waals surface area (Å²) in [7, 11) is 0. The fourth-order valence-electron chi connectivity index (χ4n) is 1.25. The molecular formula is C9H15N3O2. The van der Waals surface area contributed by atoms with Crippen molar-refractivity contribution >= 4 is 0 Å². The third kappa shape index (κ3) is 2.78. The lowest BCUT2D eigenvalue weighted by molar-refractivity contribution is 0.104. The minimum absolute atomic E-state index is 0.370. The molecule has 1 aromatic rings. The number of ether oxygens (including phenoxy) is 1. The second-order valence-corrected chi connectivity index (χ2v) is 3.59. The van der Waals surface area contributed by atoms with Crippen LogP contribution in [0.25, 0.3) is 0 Å². The third-order valence-corrected chi connectivity index (χ3v) is 2.17. The molecule has 14 heavy (non-hydrogen) atoms. The second-order valence-electron chi connectivity index (χ2n) is 3.59. The molecule has 0 saturated heterocycles. The summed E-state index contributed by atoms with van der Waals surface area (Å²) < 4.78 is 10.2. The van der Waals surface area contributed by atoms with Crippen molar-refractivity contribution in [2.24, 2.45) is 11.7 Å². The van der Waals surface area contributed by atoms with Gasteiger partial charge in [0.15, 0.2) is 5.82 Å². The van der Waals surface area contributed by atoms with Gasteiger partial charge in [-0.15, -0.1) is 0 Å². The number of nitrogens with zero attached hydrogens (tertiary/aromatic N) is 2. The van der Waals surface area contributed by atoms with Crippen LogP contribution >= 0.6 is 0 Å². The van der Waals surface area contributed by atoms with E-state index in [2.05, 4.69) is 10.1 Å². The van der Waals surface area contributed by atoms with E-state index in [-0.39, 0.29) is 0 Å². The molecule has 0 atom stereocenters. The lowest BCUT2D eigenvalue weighted by atomic mass is 10.3. The van der Waals surface area contributed by atoms with Gasteiger partial charge in [0, 0.05) is 13.0 Å². The van der Waals surface area contributed by atoms with E-state index < -0.39 is 0 Å². The van der Waals surface area contributed by atoms with Crippen LogP contribution in [0.4, 0.5) is 0 Å². The van der Waals surface area contributed by atoms with Crippen molar-refractivity contribution < 1.29 is 9.26 Å². The highest BCUT2D eigenvalue weighted by atomic mass is 16.5. The molecule has 1 aromatic heterocycles. The number of nitrogens with two attached hydrogens (primary N) is 1. The zero-order chi connectivity index (χ0) is 9.80. The number of aromatic nitrogens is 2. The Morgan fingerprint density at radius 3 is 3.07 bits per heavy atom. The molecule has 0 amide bonds. The van der Waals surface area contributed by atoms with Crippen LogP contribution in [0.2, 0.25) is 0 Å². The fraction of sp³-hybridized carbons (Fsp3) is 0.778. The molecule has 1 aliphatic rings. The monoisotopic (exact) mass is 197 g/mol. The Kier molecular flexibility index (Phi) is 3.10. The molecule has 1 saturated carbocycles. The van der Waals surface area contributed by atoms with E-state index >= 15 is 0 Å². The van der Waals surface area contributed by atoms with Crippen molar-refractivity contribution in [2.75, 3.05) is 13.2 Å². The Morgan fingerprint density at radius 1 is 1.50 bits per heavy atom. The van der Waals surface area contributed by atoms with Gasteiger partial charge in [0.1, 0.15) is 6.61 Å². The summed E-state index contributed by atoms with van der Waals surface area (Å²) in [4.78, 5) is 4.22. The number of rotatable bonds is 6. The maximum absolute atomic E-state index is 5.28. The van der Waals surface area contributed by atoms with Gasteiger partial charge < -0.3 is 15.0 Å². The molecule has 0 bridgehead atoms. The van der Waals surface area contributed by atoms with Crippen LogP contribution in [0.1, 0.15) is 24.6 Å². The first-order valence-electron chi connectivity index (χ1n) is 4.97. The van der Waals surface area contributed by atoms with Gasteiger partial charge in [0.25, 0.3) is 5.89 Å². The molecule has 0 unspecified atom stereocenters. The average molecular weight is 197 g/mol. The summed E-state index contributed by atoms with van der Waals surface area (Å²) in [5, 5.41) is 3.88. The Balaban J connectivity index is 1.76. The van der Waals surface area contributed by atoms with Crippen LogP contribution in [-0.4, -0.2) is 23.3 Å². The van der Waals surface area contributed by atoms with Crippen molar-refractivity contribution in [1.82, 2.24) is 10.1 Å². The van der Waals surface area contributed by atoms with Gasteiger partial charge >= 0.3 is 0 Å². The van der Waals surface area contributed by atoms with E-state index in [0.717, 1.165) is 18.2 Å². The summed E-state index contributed by atoms with van der Waals surface area (Å²) >= 11 is 0. The molecule has 0 aromatic carbocycles. The van der Waals surface area contributed by atoms with Gasteiger partial charge in [-0.3, -0.25) is 0 Å². The molecule has 5 nitrogen and oxygen atoms in total. The van der Waals surface area contributed by atoms with E-state index in [1.807, 2.05) is 0 Å². The molecule has 78 valence electrons. The molecule has 1 heterocycles. The molecule has 1 fully saturated rings. The maximum Gasteiger partial charge on any atom is 0.252 e. The van der Waals surface area contributed by atoms with Gasteiger partial charge in [0.2, 0.25) is 0 Å². The minimum Gasteiger partial charge on any atom is -0.370 e. The van der Waals surface area contributed by atoms with E-state index in [1.54, 1.807) is 0 Å². The molecule has 0 aliphatic heterocycles. The van der Waals surface area contributed by atoms with Crippen molar-refractivity contribution in [3.05, 3.63) is 11.7 Å². The number of hydrogen-bond acceptors (Lipinski definition) is 5. The van der Waals surface area contributed by atoms with Gasteiger partial charge in [-0.2, -0.15) is 4.98 Å². The molecule has 1 aliphatic carbocycles. The largest absolute Gasteiger partial charge is 0.370 e. The second kappa shape index (κ2) is 4.52.